The second-order valence-electron chi connectivity index (χ2n) is 4.27. The third-order valence-electron chi connectivity index (χ3n) is 2.78. The van der Waals surface area contributed by atoms with Gasteiger partial charge in [-0.25, -0.2) is 4.79 Å². The summed E-state index contributed by atoms with van der Waals surface area (Å²) < 4.78 is 0. The number of carbonyl (C=O) groups is 1. The van der Waals surface area contributed by atoms with Gasteiger partial charge in [0, 0.05) is 22.8 Å². The first-order valence-electron chi connectivity index (χ1n) is 6.35. The smallest absolute Gasteiger partial charge is 0.319 e. The van der Waals surface area contributed by atoms with Gasteiger partial charge in [-0.1, -0.05) is 59.6 Å². The van der Waals surface area contributed by atoms with E-state index in [1.807, 2.05) is 36.4 Å². The first kappa shape index (κ1) is 15.4. The first-order chi connectivity index (χ1) is 10.2. The van der Waals surface area contributed by atoms with E-state index in [4.69, 9.17) is 23.2 Å². The highest BCUT2D eigenvalue weighted by Crippen LogP contribution is 2.16. The lowest BCUT2D eigenvalue weighted by molar-refractivity contribution is 0.244. The van der Waals surface area contributed by atoms with E-state index in [0.717, 1.165) is 11.1 Å². The molecule has 108 valence electrons. The molecule has 0 heterocycles. The largest absolute Gasteiger partial charge is 0.334 e. The molecule has 2 aromatic rings. The molecular formula is C16H14Cl2N2O. The molecule has 5 heteroatoms. The van der Waals surface area contributed by atoms with E-state index < -0.39 is 0 Å². The number of hydrogen-bond donors (Lipinski definition) is 2. The minimum atomic E-state index is -0.307. The molecule has 2 rings (SSSR count). The van der Waals surface area contributed by atoms with Crippen LogP contribution < -0.4 is 10.6 Å². The summed E-state index contributed by atoms with van der Waals surface area (Å²) in [6, 6.07) is 14.4. The van der Waals surface area contributed by atoms with Gasteiger partial charge in [-0.05, 0) is 29.3 Å². The van der Waals surface area contributed by atoms with Crippen molar-refractivity contribution in [1.29, 1.82) is 0 Å². The lowest BCUT2D eigenvalue weighted by Crippen LogP contribution is -2.31. The number of hydrogen-bond acceptors (Lipinski definition) is 1. The van der Waals surface area contributed by atoms with Gasteiger partial charge in [-0.3, -0.25) is 0 Å². The van der Waals surface area contributed by atoms with Crippen LogP contribution in [-0.4, -0.2) is 6.03 Å². The summed E-state index contributed by atoms with van der Waals surface area (Å²) in [4.78, 5) is 11.7. The lowest BCUT2D eigenvalue weighted by Gasteiger charge is -2.06. The maximum Gasteiger partial charge on any atom is 0.319 e. The summed E-state index contributed by atoms with van der Waals surface area (Å²) in [5, 5.41) is 6.60. The van der Waals surface area contributed by atoms with Crippen molar-refractivity contribution in [3.8, 4) is 0 Å². The van der Waals surface area contributed by atoms with E-state index in [9.17, 15) is 4.79 Å². The molecule has 2 aromatic carbocycles. The van der Waals surface area contributed by atoms with Gasteiger partial charge in [0.05, 0.1) is 0 Å². The first-order valence-corrected chi connectivity index (χ1v) is 7.11. The van der Waals surface area contributed by atoms with Gasteiger partial charge in [0.2, 0.25) is 0 Å². The molecule has 2 N–H and O–H groups in total. The summed E-state index contributed by atoms with van der Waals surface area (Å²) in [6.07, 6.45) is 3.28. The molecule has 0 saturated carbocycles. The zero-order valence-corrected chi connectivity index (χ0v) is 12.7. The average Bonchev–Trinajstić information content (AvgIpc) is 2.48. The maximum absolute atomic E-state index is 11.7. The van der Waals surface area contributed by atoms with Crippen LogP contribution >= 0.6 is 23.2 Å². The fourth-order valence-corrected chi connectivity index (χ4v) is 2.09. The Labute approximate surface area is 133 Å². The highest BCUT2D eigenvalue weighted by atomic mass is 35.5. The molecular weight excluding hydrogens is 307 g/mol. The Morgan fingerprint density at radius 3 is 2.38 bits per heavy atom. The van der Waals surface area contributed by atoms with E-state index in [1.54, 1.807) is 24.4 Å². The summed E-state index contributed by atoms with van der Waals surface area (Å²) >= 11 is 12.0. The molecule has 0 bridgehead atoms. The summed E-state index contributed by atoms with van der Waals surface area (Å²) in [5.41, 5.74) is 1.70. The van der Waals surface area contributed by atoms with Crippen molar-refractivity contribution in [3.05, 3.63) is 75.9 Å². The fourth-order valence-electron chi connectivity index (χ4n) is 1.69. The second-order valence-corrected chi connectivity index (χ2v) is 5.09. The summed E-state index contributed by atoms with van der Waals surface area (Å²) in [6.45, 7) is 0.367. The molecule has 21 heavy (non-hydrogen) atoms. The van der Waals surface area contributed by atoms with Crippen molar-refractivity contribution in [3.63, 3.8) is 0 Å². The van der Waals surface area contributed by atoms with Crippen LogP contribution in [0.2, 0.25) is 10.0 Å². The Bertz CT molecular complexity index is 656. The molecule has 0 aromatic heterocycles. The number of urea groups is 1. The summed E-state index contributed by atoms with van der Waals surface area (Å²) in [5.74, 6) is 0. The van der Waals surface area contributed by atoms with Gasteiger partial charge in [-0.15, -0.1) is 0 Å². The molecule has 3 nitrogen and oxygen atoms in total. The molecule has 0 unspecified atom stereocenters. The Morgan fingerprint density at radius 1 is 1.00 bits per heavy atom. The highest BCUT2D eigenvalue weighted by Gasteiger charge is 2.01. The Hall–Kier alpha value is -1.97. The van der Waals surface area contributed by atoms with Crippen molar-refractivity contribution in [1.82, 2.24) is 10.6 Å². The molecule has 0 radical (unpaired) electrons. The van der Waals surface area contributed by atoms with Crippen molar-refractivity contribution < 1.29 is 4.79 Å². The number of halogens is 2. The van der Waals surface area contributed by atoms with Crippen LogP contribution in [0.25, 0.3) is 6.08 Å². The average molecular weight is 321 g/mol. The van der Waals surface area contributed by atoms with Crippen LogP contribution in [0.5, 0.6) is 0 Å². The van der Waals surface area contributed by atoms with Gasteiger partial charge < -0.3 is 10.6 Å². The molecule has 0 spiro atoms. The van der Waals surface area contributed by atoms with Gasteiger partial charge in [0.15, 0.2) is 0 Å². The van der Waals surface area contributed by atoms with Crippen molar-refractivity contribution in [2.24, 2.45) is 0 Å². The highest BCUT2D eigenvalue weighted by molar-refractivity contribution is 6.32. The Kier molecular flexibility index (Phi) is 5.67. The minimum absolute atomic E-state index is 0.307. The van der Waals surface area contributed by atoms with Crippen LogP contribution in [-0.2, 0) is 6.54 Å². The van der Waals surface area contributed by atoms with Crippen LogP contribution in [0, 0.1) is 0 Å². The SMILES string of the molecule is O=C(N/C=C/c1ccccc1Cl)NCc1ccccc1Cl. The quantitative estimate of drug-likeness (QED) is 0.857. The molecule has 0 fully saturated rings. The van der Waals surface area contributed by atoms with Gasteiger partial charge in [-0.2, -0.15) is 0 Å². The maximum atomic E-state index is 11.7. The molecule has 0 aliphatic heterocycles. The zero-order chi connectivity index (χ0) is 15.1. The van der Waals surface area contributed by atoms with E-state index in [-0.39, 0.29) is 6.03 Å². The number of amides is 2. The Morgan fingerprint density at radius 2 is 1.67 bits per heavy atom. The van der Waals surface area contributed by atoms with Crippen LogP contribution in [0.3, 0.4) is 0 Å². The fraction of sp³-hybridized carbons (Fsp3) is 0.0625. The zero-order valence-electron chi connectivity index (χ0n) is 11.1. The molecule has 0 aliphatic rings. The molecule has 0 aliphatic carbocycles. The third-order valence-corrected chi connectivity index (χ3v) is 3.49. The topological polar surface area (TPSA) is 41.1 Å². The monoisotopic (exact) mass is 320 g/mol. The standard InChI is InChI=1S/C16H14Cl2N2O/c17-14-7-3-1-5-12(14)9-10-19-16(21)20-11-13-6-2-4-8-15(13)18/h1-10H,11H2,(H2,19,20,21)/b10-9+. The van der Waals surface area contributed by atoms with Crippen LogP contribution in [0.1, 0.15) is 11.1 Å². The predicted molar refractivity (Wildman–Crippen MR) is 87.3 cm³/mol. The van der Waals surface area contributed by atoms with Gasteiger partial charge in [0.1, 0.15) is 0 Å². The normalized spacial score (nSPS) is 10.6. The molecule has 0 atom stereocenters. The van der Waals surface area contributed by atoms with E-state index in [1.165, 1.54) is 0 Å². The number of benzene rings is 2. The van der Waals surface area contributed by atoms with Crippen LogP contribution in [0.15, 0.2) is 54.7 Å². The van der Waals surface area contributed by atoms with E-state index in [0.29, 0.717) is 16.6 Å². The number of rotatable bonds is 4. The van der Waals surface area contributed by atoms with E-state index >= 15 is 0 Å². The van der Waals surface area contributed by atoms with Gasteiger partial charge in [0.25, 0.3) is 0 Å². The van der Waals surface area contributed by atoms with E-state index in [2.05, 4.69) is 10.6 Å². The van der Waals surface area contributed by atoms with Crippen molar-refractivity contribution >= 4 is 35.3 Å². The van der Waals surface area contributed by atoms with Crippen molar-refractivity contribution in [2.45, 2.75) is 6.54 Å². The Balaban J connectivity index is 1.83. The number of carbonyl (C=O) groups excluding carboxylic acids is 1. The predicted octanol–water partition coefficient (Wildman–Crippen LogP) is 4.46. The number of nitrogens with one attached hydrogen (secondary N) is 2. The van der Waals surface area contributed by atoms with Crippen molar-refractivity contribution in [2.75, 3.05) is 0 Å². The minimum Gasteiger partial charge on any atom is -0.334 e. The van der Waals surface area contributed by atoms with Crippen LogP contribution in [0.4, 0.5) is 4.79 Å². The lowest BCUT2D eigenvalue weighted by atomic mass is 10.2. The molecule has 0 saturated heterocycles. The van der Waals surface area contributed by atoms with Gasteiger partial charge >= 0.3 is 6.03 Å². The third kappa shape index (κ3) is 4.81. The summed E-state index contributed by atoms with van der Waals surface area (Å²) in [7, 11) is 0. The molecule has 2 amide bonds. The second kappa shape index (κ2) is 7.72.